The Morgan fingerprint density at radius 3 is 2.53 bits per heavy atom. The number of fused-ring (bicyclic) bond motifs is 1. The van der Waals surface area contributed by atoms with Gasteiger partial charge < -0.3 is 5.32 Å². The van der Waals surface area contributed by atoms with Crippen molar-refractivity contribution in [3.63, 3.8) is 0 Å². The fourth-order valence-electron chi connectivity index (χ4n) is 5.84. The molecule has 2 saturated carbocycles. The molecule has 5 rings (SSSR count). The summed E-state index contributed by atoms with van der Waals surface area (Å²) in [6.07, 6.45) is 10.2. The van der Waals surface area contributed by atoms with Crippen molar-refractivity contribution in [2.45, 2.75) is 57.8 Å². The highest BCUT2D eigenvalue weighted by Crippen LogP contribution is 2.58. The van der Waals surface area contributed by atoms with Crippen molar-refractivity contribution in [1.29, 1.82) is 0 Å². The number of nitrogens with zero attached hydrogens (tertiary/aromatic N) is 1. The summed E-state index contributed by atoms with van der Waals surface area (Å²) in [5.74, 6) is 1.36. The van der Waals surface area contributed by atoms with E-state index in [1.165, 1.54) is 55.0 Å². The fourth-order valence-corrected chi connectivity index (χ4v) is 5.84. The lowest BCUT2D eigenvalue weighted by Crippen LogP contribution is -2.41. The number of carbonyl (C=O) groups is 1. The number of carbonyl (C=O) groups excluding carboxylic acids is 1. The monoisotopic (exact) mass is 398 g/mol. The minimum Gasteiger partial charge on any atom is -0.326 e. The molecule has 0 radical (unpaired) electrons. The molecule has 3 heteroatoms. The van der Waals surface area contributed by atoms with Gasteiger partial charge in [0.15, 0.2) is 0 Å². The Morgan fingerprint density at radius 1 is 1.03 bits per heavy atom. The Morgan fingerprint density at radius 2 is 1.77 bits per heavy atom. The third-order valence-corrected chi connectivity index (χ3v) is 7.42. The predicted octanol–water partition coefficient (Wildman–Crippen LogP) is 6.63. The highest BCUT2D eigenvalue weighted by Gasteiger charge is 2.46. The number of aromatic nitrogens is 1. The van der Waals surface area contributed by atoms with Gasteiger partial charge in [-0.3, -0.25) is 9.78 Å². The Bertz CT molecular complexity index is 1030. The molecule has 3 aromatic rings. The van der Waals surface area contributed by atoms with Crippen molar-refractivity contribution in [2.75, 3.05) is 5.32 Å². The third kappa shape index (κ3) is 3.86. The van der Waals surface area contributed by atoms with Crippen LogP contribution in [0, 0.1) is 18.3 Å². The molecule has 2 aliphatic rings. The molecular weight excluding hydrogens is 368 g/mol. The summed E-state index contributed by atoms with van der Waals surface area (Å²) in [7, 11) is 0. The number of aryl methyl sites for hydroxylation is 1. The Labute approximate surface area is 178 Å². The molecule has 30 heavy (non-hydrogen) atoms. The zero-order valence-electron chi connectivity index (χ0n) is 17.7. The number of rotatable bonds is 4. The maximum absolute atomic E-state index is 12.4. The summed E-state index contributed by atoms with van der Waals surface area (Å²) in [5.41, 5.74) is 5.20. The van der Waals surface area contributed by atoms with Crippen molar-refractivity contribution in [1.82, 2.24) is 4.98 Å². The fraction of sp³-hybridized carbons (Fsp3) is 0.407. The average Bonchev–Trinajstić information content (AvgIpc) is 2.74. The van der Waals surface area contributed by atoms with E-state index in [0.717, 1.165) is 11.2 Å². The standard InChI is InChI=1S/C27H30N2O/c1-19-6-8-22(9-7-19)29-26(30)16-20-17-27(18-20)13-10-21(11-14-27)23-12-15-28-25-5-3-2-4-24(23)25/h2-9,12,15,20-21H,10-11,13-14,16-18H2,1H3,(H,29,30). The van der Waals surface area contributed by atoms with Crippen LogP contribution in [0.1, 0.15) is 62.0 Å². The van der Waals surface area contributed by atoms with Crippen molar-refractivity contribution in [2.24, 2.45) is 11.3 Å². The first-order chi connectivity index (χ1) is 14.6. The minimum absolute atomic E-state index is 0.163. The van der Waals surface area contributed by atoms with E-state index in [9.17, 15) is 4.79 Å². The quantitative estimate of drug-likeness (QED) is 0.536. The highest BCUT2D eigenvalue weighted by molar-refractivity contribution is 5.90. The first-order valence-corrected chi connectivity index (χ1v) is 11.3. The number of para-hydroxylation sites is 1. The lowest BCUT2D eigenvalue weighted by atomic mass is 9.53. The van der Waals surface area contributed by atoms with Gasteiger partial charge in [0.25, 0.3) is 0 Å². The second-order valence-corrected chi connectivity index (χ2v) is 9.58. The molecule has 0 bridgehead atoms. The molecule has 154 valence electrons. The van der Waals surface area contributed by atoms with Gasteiger partial charge in [0.05, 0.1) is 5.52 Å². The number of pyridine rings is 1. The summed E-state index contributed by atoms with van der Waals surface area (Å²) >= 11 is 0. The average molecular weight is 399 g/mol. The van der Waals surface area contributed by atoms with Crippen LogP contribution >= 0.6 is 0 Å². The molecule has 2 aromatic carbocycles. The van der Waals surface area contributed by atoms with Crippen LogP contribution in [0.15, 0.2) is 60.8 Å². The van der Waals surface area contributed by atoms with E-state index < -0.39 is 0 Å². The van der Waals surface area contributed by atoms with Crippen LogP contribution in [0.4, 0.5) is 5.69 Å². The van der Waals surface area contributed by atoms with Crippen LogP contribution < -0.4 is 5.32 Å². The topological polar surface area (TPSA) is 42.0 Å². The van der Waals surface area contributed by atoms with Gasteiger partial charge in [-0.05, 0) is 92.5 Å². The molecule has 3 nitrogen and oxygen atoms in total. The first kappa shape index (κ1) is 19.3. The van der Waals surface area contributed by atoms with Gasteiger partial charge >= 0.3 is 0 Å². The number of amides is 1. The molecule has 0 aliphatic heterocycles. The van der Waals surface area contributed by atoms with E-state index in [0.29, 0.717) is 23.7 Å². The lowest BCUT2D eigenvalue weighted by molar-refractivity contribution is -0.119. The minimum atomic E-state index is 0.163. The van der Waals surface area contributed by atoms with Crippen LogP contribution in [0.3, 0.4) is 0 Å². The van der Waals surface area contributed by atoms with Gasteiger partial charge in [0.1, 0.15) is 0 Å². The van der Waals surface area contributed by atoms with E-state index >= 15 is 0 Å². The Balaban J connectivity index is 1.14. The van der Waals surface area contributed by atoms with Crippen molar-refractivity contribution in [3.8, 4) is 0 Å². The Kier molecular flexibility index (Phi) is 5.06. The molecule has 0 saturated heterocycles. The second-order valence-electron chi connectivity index (χ2n) is 9.58. The smallest absolute Gasteiger partial charge is 0.224 e. The van der Waals surface area contributed by atoms with Gasteiger partial charge in [-0.25, -0.2) is 0 Å². The maximum atomic E-state index is 12.4. The normalized spacial score (nSPS) is 25.8. The molecule has 1 amide bonds. The number of hydrogen-bond acceptors (Lipinski definition) is 2. The molecule has 0 atom stereocenters. The molecule has 2 aliphatic carbocycles. The maximum Gasteiger partial charge on any atom is 0.224 e. The third-order valence-electron chi connectivity index (χ3n) is 7.42. The lowest BCUT2D eigenvalue weighted by Gasteiger charge is -2.52. The van der Waals surface area contributed by atoms with Gasteiger partial charge in [-0.15, -0.1) is 0 Å². The molecular formula is C27H30N2O. The summed E-state index contributed by atoms with van der Waals surface area (Å²) in [6.45, 7) is 2.06. The summed E-state index contributed by atoms with van der Waals surface area (Å²) in [6, 6.07) is 18.8. The van der Waals surface area contributed by atoms with Crippen LogP contribution in [0.25, 0.3) is 10.9 Å². The zero-order chi connectivity index (χ0) is 20.6. The molecule has 1 N–H and O–H groups in total. The second kappa shape index (κ2) is 7.86. The predicted molar refractivity (Wildman–Crippen MR) is 123 cm³/mol. The zero-order valence-corrected chi connectivity index (χ0v) is 17.7. The summed E-state index contributed by atoms with van der Waals surface area (Å²) < 4.78 is 0. The highest BCUT2D eigenvalue weighted by atomic mass is 16.1. The largest absolute Gasteiger partial charge is 0.326 e. The van der Waals surface area contributed by atoms with Crippen LogP contribution in [-0.4, -0.2) is 10.9 Å². The number of benzene rings is 2. The van der Waals surface area contributed by atoms with E-state index in [1.54, 1.807) is 0 Å². The molecule has 1 aromatic heterocycles. The van der Waals surface area contributed by atoms with E-state index in [1.807, 2.05) is 30.5 Å². The number of anilines is 1. The van der Waals surface area contributed by atoms with Crippen LogP contribution in [0.5, 0.6) is 0 Å². The van der Waals surface area contributed by atoms with E-state index in [-0.39, 0.29) is 5.91 Å². The first-order valence-electron chi connectivity index (χ1n) is 11.3. The van der Waals surface area contributed by atoms with Gasteiger partial charge in [-0.1, -0.05) is 35.9 Å². The van der Waals surface area contributed by atoms with Crippen molar-refractivity contribution in [3.05, 3.63) is 71.9 Å². The summed E-state index contributed by atoms with van der Waals surface area (Å²) in [4.78, 5) is 16.9. The SMILES string of the molecule is Cc1ccc(NC(=O)CC2CC3(CCC(c4ccnc5ccccc45)CC3)C2)cc1. The van der Waals surface area contributed by atoms with E-state index in [4.69, 9.17) is 0 Å². The molecule has 2 fully saturated rings. The molecule has 1 spiro atoms. The van der Waals surface area contributed by atoms with E-state index in [2.05, 4.69) is 47.6 Å². The Hall–Kier alpha value is -2.68. The summed E-state index contributed by atoms with van der Waals surface area (Å²) in [5, 5.41) is 4.38. The molecule has 1 heterocycles. The van der Waals surface area contributed by atoms with Gasteiger partial charge in [0, 0.05) is 23.7 Å². The number of hydrogen-bond donors (Lipinski definition) is 1. The number of nitrogens with one attached hydrogen (secondary N) is 1. The van der Waals surface area contributed by atoms with Gasteiger partial charge in [0.2, 0.25) is 5.91 Å². The van der Waals surface area contributed by atoms with Crippen LogP contribution in [0.2, 0.25) is 0 Å². The van der Waals surface area contributed by atoms with Crippen LogP contribution in [-0.2, 0) is 4.79 Å². The van der Waals surface area contributed by atoms with Crippen molar-refractivity contribution < 1.29 is 4.79 Å². The molecule has 0 unspecified atom stereocenters. The van der Waals surface area contributed by atoms with Crippen molar-refractivity contribution >= 4 is 22.5 Å². The van der Waals surface area contributed by atoms with Gasteiger partial charge in [-0.2, -0.15) is 0 Å².